The first kappa shape index (κ1) is 14.8. The number of hydrogen-bond donors (Lipinski definition) is 1. The molecule has 6 heteroatoms. The predicted molar refractivity (Wildman–Crippen MR) is 80.4 cm³/mol. The summed E-state index contributed by atoms with van der Waals surface area (Å²) in [6, 6.07) is 7.83. The molecule has 1 heterocycles. The normalized spacial score (nSPS) is 14.2. The van der Waals surface area contributed by atoms with Gasteiger partial charge in [0, 0.05) is 21.5 Å². The molecular weight excluding hydrogens is 353 g/mol. The molecule has 1 aromatic heterocycles. The Morgan fingerprint density at radius 1 is 1.37 bits per heavy atom. The highest BCUT2D eigenvalue weighted by molar-refractivity contribution is 9.10. The first-order chi connectivity index (χ1) is 8.95. The number of halogens is 3. The molecule has 1 aromatic carbocycles. The maximum atomic E-state index is 13.3. The zero-order valence-corrected chi connectivity index (χ0v) is 13.2. The third-order valence-corrected chi connectivity index (χ3v) is 4.20. The number of benzene rings is 1. The molecule has 0 aliphatic carbocycles. The highest BCUT2D eigenvalue weighted by atomic mass is 79.9. The quantitative estimate of drug-likeness (QED) is 0.848. The molecule has 2 N–H and O–H groups in total. The van der Waals surface area contributed by atoms with Crippen molar-refractivity contribution in [2.75, 3.05) is 0 Å². The predicted octanol–water partition coefficient (Wildman–Crippen LogP) is 4.77. The summed E-state index contributed by atoms with van der Waals surface area (Å²) in [6.45, 7) is 1.84. The largest absolute Gasteiger partial charge is 0.483 e. The summed E-state index contributed by atoms with van der Waals surface area (Å²) in [5.74, 6) is 0.0655. The highest BCUT2D eigenvalue weighted by Gasteiger charge is 2.20. The summed E-state index contributed by atoms with van der Waals surface area (Å²) in [7, 11) is 0. The topological polar surface area (TPSA) is 35.2 Å². The fourth-order valence-corrected chi connectivity index (χ4v) is 3.30. The monoisotopic (exact) mass is 363 g/mol. The van der Waals surface area contributed by atoms with Gasteiger partial charge in [-0.3, -0.25) is 0 Å². The van der Waals surface area contributed by atoms with Crippen LogP contribution in [-0.4, -0.2) is 6.04 Å². The smallest absolute Gasteiger partial charge is 0.148 e. The summed E-state index contributed by atoms with van der Waals surface area (Å²) < 4.78 is 20.4. The van der Waals surface area contributed by atoms with Gasteiger partial charge in [0.2, 0.25) is 0 Å². The molecule has 0 saturated heterocycles. The summed E-state index contributed by atoms with van der Waals surface area (Å²) in [4.78, 5) is 0.917. The van der Waals surface area contributed by atoms with E-state index in [2.05, 4.69) is 15.9 Å². The molecule has 0 aliphatic rings. The van der Waals surface area contributed by atoms with E-state index in [0.717, 1.165) is 4.88 Å². The summed E-state index contributed by atoms with van der Waals surface area (Å²) in [6.07, 6.45) is -0.355. The lowest BCUT2D eigenvalue weighted by atomic mass is 10.1. The van der Waals surface area contributed by atoms with Gasteiger partial charge < -0.3 is 10.5 Å². The second kappa shape index (κ2) is 6.22. The van der Waals surface area contributed by atoms with Gasteiger partial charge in [0.25, 0.3) is 0 Å². The van der Waals surface area contributed by atoms with Crippen LogP contribution in [0.25, 0.3) is 0 Å². The maximum absolute atomic E-state index is 13.3. The van der Waals surface area contributed by atoms with Crippen LogP contribution in [0, 0.1) is 5.82 Å². The van der Waals surface area contributed by atoms with Crippen molar-refractivity contribution in [1.29, 1.82) is 0 Å². The molecular formula is C13H12BrClFNOS. The van der Waals surface area contributed by atoms with Gasteiger partial charge in [-0.15, -0.1) is 11.3 Å². The van der Waals surface area contributed by atoms with Crippen molar-refractivity contribution in [3.63, 3.8) is 0 Å². The number of thiophene rings is 1. The Labute approximate surface area is 128 Å². The molecule has 2 nitrogen and oxygen atoms in total. The van der Waals surface area contributed by atoms with Gasteiger partial charge in [0.15, 0.2) is 0 Å². The summed E-state index contributed by atoms with van der Waals surface area (Å²) in [5.41, 5.74) is 5.94. The first-order valence-corrected chi connectivity index (χ1v) is 7.58. The molecule has 0 saturated carbocycles. The Morgan fingerprint density at radius 3 is 2.63 bits per heavy atom. The Kier molecular flexibility index (Phi) is 4.84. The van der Waals surface area contributed by atoms with Crippen molar-refractivity contribution >= 4 is 38.9 Å². The third-order valence-electron chi connectivity index (χ3n) is 2.45. The lowest BCUT2D eigenvalue weighted by Gasteiger charge is -2.21. The van der Waals surface area contributed by atoms with Gasteiger partial charge in [-0.05, 0) is 31.2 Å². The molecule has 2 rings (SSSR count). The van der Waals surface area contributed by atoms with E-state index < -0.39 is 0 Å². The maximum Gasteiger partial charge on any atom is 0.148 e. The molecule has 0 aliphatic heterocycles. The number of rotatable bonds is 4. The van der Waals surface area contributed by atoms with E-state index in [1.54, 1.807) is 12.1 Å². The minimum Gasteiger partial charge on any atom is -0.483 e. The van der Waals surface area contributed by atoms with Crippen LogP contribution in [0.4, 0.5) is 4.39 Å². The number of hydrogen-bond acceptors (Lipinski definition) is 3. The fourth-order valence-electron chi connectivity index (χ4n) is 1.65. The van der Waals surface area contributed by atoms with Crippen LogP contribution in [0.5, 0.6) is 5.75 Å². The minimum absolute atomic E-state index is 0.239. The Morgan fingerprint density at radius 2 is 2.11 bits per heavy atom. The molecule has 0 amide bonds. The molecule has 0 fully saturated rings. The van der Waals surface area contributed by atoms with E-state index in [4.69, 9.17) is 22.1 Å². The minimum atomic E-state index is -0.364. The van der Waals surface area contributed by atoms with Crippen molar-refractivity contribution in [2.24, 2.45) is 5.73 Å². The average molecular weight is 365 g/mol. The van der Waals surface area contributed by atoms with Gasteiger partial charge in [0.1, 0.15) is 17.7 Å². The Balaban J connectivity index is 2.26. The van der Waals surface area contributed by atoms with Gasteiger partial charge >= 0.3 is 0 Å². The van der Waals surface area contributed by atoms with Crippen LogP contribution in [0.15, 0.2) is 34.8 Å². The molecule has 2 aromatic rings. The molecule has 2 unspecified atom stereocenters. The standard InChI is InChI=1S/C13H12BrClFNOS/c1-7(17)13(11-2-3-12(15)19-11)18-10-5-8(14)4-9(16)6-10/h2-7,13H,17H2,1H3. The molecule has 0 spiro atoms. The van der Waals surface area contributed by atoms with E-state index in [1.165, 1.54) is 23.5 Å². The lowest BCUT2D eigenvalue weighted by molar-refractivity contribution is 0.183. The van der Waals surface area contributed by atoms with Crippen molar-refractivity contribution in [2.45, 2.75) is 19.1 Å². The molecule has 2 atom stereocenters. The van der Waals surface area contributed by atoms with Gasteiger partial charge in [0.05, 0.1) is 4.34 Å². The first-order valence-electron chi connectivity index (χ1n) is 5.59. The molecule has 102 valence electrons. The lowest BCUT2D eigenvalue weighted by Crippen LogP contribution is -2.28. The van der Waals surface area contributed by atoms with Crippen molar-refractivity contribution in [3.8, 4) is 5.75 Å². The molecule has 19 heavy (non-hydrogen) atoms. The Hall–Kier alpha value is -0.620. The van der Waals surface area contributed by atoms with Crippen molar-refractivity contribution in [1.82, 2.24) is 0 Å². The molecule has 0 bridgehead atoms. The van der Waals surface area contributed by atoms with Crippen LogP contribution < -0.4 is 10.5 Å². The van der Waals surface area contributed by atoms with Crippen LogP contribution in [0.3, 0.4) is 0 Å². The summed E-state index contributed by atoms with van der Waals surface area (Å²) in [5, 5.41) is 0. The van der Waals surface area contributed by atoms with Gasteiger partial charge in [-0.25, -0.2) is 4.39 Å². The number of ether oxygens (including phenoxy) is 1. The van der Waals surface area contributed by atoms with Crippen LogP contribution in [0.2, 0.25) is 4.34 Å². The van der Waals surface area contributed by atoms with Crippen LogP contribution in [-0.2, 0) is 0 Å². The summed E-state index contributed by atoms with van der Waals surface area (Å²) >= 11 is 10.6. The van der Waals surface area contributed by atoms with E-state index in [-0.39, 0.29) is 18.0 Å². The van der Waals surface area contributed by atoms with E-state index in [9.17, 15) is 4.39 Å². The van der Waals surface area contributed by atoms with Crippen LogP contribution >= 0.6 is 38.9 Å². The molecule has 0 radical (unpaired) electrons. The SMILES string of the molecule is CC(N)C(Oc1cc(F)cc(Br)c1)c1ccc(Cl)s1. The number of nitrogens with two attached hydrogens (primary N) is 1. The fraction of sp³-hybridized carbons (Fsp3) is 0.231. The van der Waals surface area contributed by atoms with Crippen LogP contribution in [0.1, 0.15) is 17.9 Å². The van der Waals surface area contributed by atoms with Gasteiger partial charge in [-0.1, -0.05) is 27.5 Å². The average Bonchev–Trinajstić information content (AvgIpc) is 2.70. The van der Waals surface area contributed by atoms with Crippen molar-refractivity contribution < 1.29 is 9.13 Å². The van der Waals surface area contributed by atoms with E-state index >= 15 is 0 Å². The van der Waals surface area contributed by atoms with E-state index in [1.807, 2.05) is 13.0 Å². The zero-order chi connectivity index (χ0) is 14.0. The Bertz CT molecular complexity index is 555. The zero-order valence-electron chi connectivity index (χ0n) is 10.1. The second-order valence-corrected chi connectivity index (χ2v) is 6.81. The van der Waals surface area contributed by atoms with E-state index in [0.29, 0.717) is 14.6 Å². The highest BCUT2D eigenvalue weighted by Crippen LogP contribution is 2.32. The third kappa shape index (κ3) is 3.92. The second-order valence-electron chi connectivity index (χ2n) is 4.14. The van der Waals surface area contributed by atoms with Gasteiger partial charge in [-0.2, -0.15) is 0 Å². The van der Waals surface area contributed by atoms with Crippen molar-refractivity contribution in [3.05, 3.63) is 49.8 Å².